The number of furan rings is 1. The first kappa shape index (κ1) is 20.3. The third kappa shape index (κ3) is 4.51. The summed E-state index contributed by atoms with van der Waals surface area (Å²) in [5.74, 6) is 2.28. The van der Waals surface area contributed by atoms with Gasteiger partial charge < -0.3 is 4.42 Å². The molecule has 0 fully saturated rings. The maximum Gasteiger partial charge on any atom is 0.134 e. The summed E-state index contributed by atoms with van der Waals surface area (Å²) in [7, 11) is 0. The summed E-state index contributed by atoms with van der Waals surface area (Å²) in [6.45, 7) is 3.11. The van der Waals surface area contributed by atoms with Crippen molar-refractivity contribution in [1.82, 2.24) is 4.90 Å². The SMILES string of the molecule is N#Cc1ccc(-c2ccc(CC3CN(CCc4ccccc4)Cc4ccccc43)o2)cc1. The summed E-state index contributed by atoms with van der Waals surface area (Å²) in [5, 5.41) is 9.01. The van der Waals surface area contributed by atoms with Gasteiger partial charge in [0.25, 0.3) is 0 Å². The van der Waals surface area contributed by atoms with E-state index in [0.29, 0.717) is 11.5 Å². The lowest BCUT2D eigenvalue weighted by Crippen LogP contribution is -2.35. The summed E-state index contributed by atoms with van der Waals surface area (Å²) in [6.07, 6.45) is 1.95. The van der Waals surface area contributed by atoms with Crippen molar-refractivity contribution < 1.29 is 4.42 Å². The van der Waals surface area contributed by atoms with Gasteiger partial charge in [0.1, 0.15) is 11.5 Å². The van der Waals surface area contributed by atoms with Crippen molar-refractivity contribution in [3.8, 4) is 17.4 Å². The van der Waals surface area contributed by atoms with Crippen LogP contribution in [0, 0.1) is 11.3 Å². The first-order valence-corrected chi connectivity index (χ1v) is 11.2. The normalized spacial score (nSPS) is 15.8. The van der Waals surface area contributed by atoms with Crippen molar-refractivity contribution in [1.29, 1.82) is 5.26 Å². The molecular weight excluding hydrogens is 392 g/mol. The molecule has 0 radical (unpaired) electrons. The molecule has 0 aliphatic carbocycles. The van der Waals surface area contributed by atoms with E-state index < -0.39 is 0 Å². The van der Waals surface area contributed by atoms with E-state index in [1.54, 1.807) is 0 Å². The molecule has 3 nitrogen and oxygen atoms in total. The van der Waals surface area contributed by atoms with Crippen LogP contribution >= 0.6 is 0 Å². The Labute approximate surface area is 189 Å². The molecule has 3 aromatic carbocycles. The average Bonchev–Trinajstić information content (AvgIpc) is 3.32. The van der Waals surface area contributed by atoms with Crippen molar-refractivity contribution in [2.45, 2.75) is 25.3 Å². The van der Waals surface area contributed by atoms with Crippen LogP contribution in [-0.2, 0) is 19.4 Å². The number of hydrogen-bond donors (Lipinski definition) is 0. The zero-order valence-corrected chi connectivity index (χ0v) is 18.1. The molecule has 0 saturated carbocycles. The molecule has 1 unspecified atom stereocenters. The Morgan fingerprint density at radius 3 is 2.47 bits per heavy atom. The van der Waals surface area contributed by atoms with Crippen molar-refractivity contribution in [2.75, 3.05) is 13.1 Å². The van der Waals surface area contributed by atoms with Gasteiger partial charge in [-0.1, -0.05) is 54.6 Å². The molecule has 0 amide bonds. The van der Waals surface area contributed by atoms with Crippen LogP contribution in [0.5, 0.6) is 0 Å². The Hall–Kier alpha value is -3.61. The maximum absolute atomic E-state index is 9.01. The lowest BCUT2D eigenvalue weighted by atomic mass is 9.86. The van der Waals surface area contributed by atoms with E-state index in [0.717, 1.165) is 49.6 Å². The fourth-order valence-corrected chi connectivity index (χ4v) is 4.66. The van der Waals surface area contributed by atoms with Crippen LogP contribution in [0.15, 0.2) is 95.4 Å². The van der Waals surface area contributed by atoms with Gasteiger partial charge in [0.15, 0.2) is 0 Å². The van der Waals surface area contributed by atoms with Crippen LogP contribution in [-0.4, -0.2) is 18.0 Å². The van der Waals surface area contributed by atoms with Crippen molar-refractivity contribution in [2.24, 2.45) is 0 Å². The van der Waals surface area contributed by atoms with E-state index in [4.69, 9.17) is 9.68 Å². The molecule has 5 rings (SSSR count). The van der Waals surface area contributed by atoms with Gasteiger partial charge in [0.2, 0.25) is 0 Å². The Bertz CT molecular complexity index is 1220. The standard InChI is InChI=1S/C29H26N2O/c30-19-23-10-12-24(13-11-23)29-15-14-27(32-29)18-26-21-31(17-16-22-6-2-1-3-7-22)20-25-8-4-5-9-28(25)26/h1-15,26H,16-18,20-21H2. The summed E-state index contributed by atoms with van der Waals surface area (Å²) >= 11 is 0. The number of hydrogen-bond acceptors (Lipinski definition) is 3. The average molecular weight is 419 g/mol. The number of benzene rings is 3. The van der Waals surface area contributed by atoms with Crippen molar-refractivity contribution >= 4 is 0 Å². The lowest BCUT2D eigenvalue weighted by Gasteiger charge is -2.34. The van der Waals surface area contributed by atoms with E-state index >= 15 is 0 Å². The van der Waals surface area contributed by atoms with E-state index in [9.17, 15) is 0 Å². The molecular formula is C29H26N2O. The first-order chi connectivity index (χ1) is 15.8. The highest BCUT2D eigenvalue weighted by Gasteiger charge is 2.26. The summed E-state index contributed by atoms with van der Waals surface area (Å²) in [6, 6.07) is 33.4. The van der Waals surface area contributed by atoms with Gasteiger partial charge in [-0.05, 0) is 59.5 Å². The Balaban J connectivity index is 1.32. The molecule has 1 aliphatic rings. The Morgan fingerprint density at radius 2 is 1.66 bits per heavy atom. The largest absolute Gasteiger partial charge is 0.461 e. The van der Waals surface area contributed by atoms with Crippen LogP contribution in [0.3, 0.4) is 0 Å². The third-order valence-electron chi connectivity index (χ3n) is 6.33. The van der Waals surface area contributed by atoms with Crippen LogP contribution < -0.4 is 0 Å². The number of rotatable bonds is 6. The number of fused-ring (bicyclic) bond motifs is 1. The van der Waals surface area contributed by atoms with E-state index in [-0.39, 0.29) is 0 Å². The minimum atomic E-state index is 0.413. The Kier molecular flexibility index (Phi) is 5.87. The van der Waals surface area contributed by atoms with E-state index in [1.807, 2.05) is 30.3 Å². The number of nitrogens with zero attached hydrogens (tertiary/aromatic N) is 2. The molecule has 32 heavy (non-hydrogen) atoms. The smallest absolute Gasteiger partial charge is 0.134 e. The third-order valence-corrected chi connectivity index (χ3v) is 6.33. The molecule has 1 aliphatic heterocycles. The molecule has 0 spiro atoms. The predicted octanol–water partition coefficient (Wildman–Crippen LogP) is 6.20. The molecule has 158 valence electrons. The van der Waals surface area contributed by atoms with Gasteiger partial charge in [-0.25, -0.2) is 0 Å². The zero-order valence-electron chi connectivity index (χ0n) is 18.1. The van der Waals surface area contributed by atoms with Crippen LogP contribution in [0.25, 0.3) is 11.3 Å². The van der Waals surface area contributed by atoms with Gasteiger partial charge in [-0.15, -0.1) is 0 Å². The van der Waals surface area contributed by atoms with Crippen LogP contribution in [0.4, 0.5) is 0 Å². The molecule has 1 atom stereocenters. The maximum atomic E-state index is 9.01. The van der Waals surface area contributed by atoms with Gasteiger partial charge >= 0.3 is 0 Å². The Morgan fingerprint density at radius 1 is 0.875 bits per heavy atom. The lowest BCUT2D eigenvalue weighted by molar-refractivity contribution is 0.228. The van der Waals surface area contributed by atoms with Crippen molar-refractivity contribution in [3.63, 3.8) is 0 Å². The van der Waals surface area contributed by atoms with E-state index in [1.165, 1.54) is 16.7 Å². The molecule has 3 heteroatoms. The molecule has 0 bridgehead atoms. The fraction of sp³-hybridized carbons (Fsp3) is 0.207. The highest BCUT2D eigenvalue weighted by Crippen LogP contribution is 2.32. The quantitative estimate of drug-likeness (QED) is 0.374. The predicted molar refractivity (Wildman–Crippen MR) is 127 cm³/mol. The molecule has 2 heterocycles. The minimum absolute atomic E-state index is 0.413. The fourth-order valence-electron chi connectivity index (χ4n) is 4.66. The highest BCUT2D eigenvalue weighted by atomic mass is 16.3. The first-order valence-electron chi connectivity index (χ1n) is 11.2. The summed E-state index contributed by atoms with van der Waals surface area (Å²) in [4.78, 5) is 2.57. The molecule has 1 aromatic heterocycles. The molecule has 4 aromatic rings. The second-order valence-corrected chi connectivity index (χ2v) is 8.53. The number of nitriles is 1. The van der Waals surface area contributed by atoms with Crippen LogP contribution in [0.2, 0.25) is 0 Å². The van der Waals surface area contributed by atoms with Crippen LogP contribution in [0.1, 0.15) is 33.9 Å². The second kappa shape index (κ2) is 9.26. The van der Waals surface area contributed by atoms with E-state index in [2.05, 4.69) is 71.6 Å². The zero-order chi connectivity index (χ0) is 21.8. The van der Waals surface area contributed by atoms with Gasteiger partial charge in [-0.2, -0.15) is 5.26 Å². The molecule has 0 saturated heterocycles. The van der Waals surface area contributed by atoms with Crippen molar-refractivity contribution in [3.05, 3.63) is 119 Å². The highest BCUT2D eigenvalue weighted by molar-refractivity contribution is 5.58. The van der Waals surface area contributed by atoms with Gasteiger partial charge in [0.05, 0.1) is 11.6 Å². The minimum Gasteiger partial charge on any atom is -0.461 e. The summed E-state index contributed by atoms with van der Waals surface area (Å²) < 4.78 is 6.22. The molecule has 0 N–H and O–H groups in total. The second-order valence-electron chi connectivity index (χ2n) is 8.53. The monoisotopic (exact) mass is 418 g/mol. The van der Waals surface area contributed by atoms with Gasteiger partial charge in [0, 0.05) is 37.5 Å². The topological polar surface area (TPSA) is 40.2 Å². The van der Waals surface area contributed by atoms with Gasteiger partial charge in [-0.3, -0.25) is 4.90 Å². The summed E-state index contributed by atoms with van der Waals surface area (Å²) in [5.41, 5.74) is 5.93.